The Balaban J connectivity index is 3.03. The van der Waals surface area contributed by atoms with Crippen LogP contribution in [0.15, 0.2) is 36.0 Å². The lowest BCUT2D eigenvalue weighted by Gasteiger charge is -1.99. The molecule has 1 aromatic rings. The highest BCUT2D eigenvalue weighted by atomic mass is 16.4. The van der Waals surface area contributed by atoms with E-state index in [4.69, 9.17) is 5.21 Å². The highest BCUT2D eigenvalue weighted by Crippen LogP contribution is 2.11. The predicted molar refractivity (Wildman–Crippen MR) is 50.5 cm³/mol. The van der Waals surface area contributed by atoms with E-state index in [1.54, 1.807) is 0 Å². The Morgan fingerprint density at radius 1 is 1.58 bits per heavy atom. The number of oxime groups is 1. The Morgan fingerprint density at radius 2 is 2.33 bits per heavy atom. The van der Waals surface area contributed by atoms with E-state index in [1.165, 1.54) is 6.21 Å². The van der Waals surface area contributed by atoms with E-state index in [9.17, 15) is 0 Å². The van der Waals surface area contributed by atoms with Crippen molar-refractivity contribution in [1.82, 2.24) is 0 Å². The fourth-order valence-electron chi connectivity index (χ4n) is 0.951. The van der Waals surface area contributed by atoms with Crippen molar-refractivity contribution < 1.29 is 5.21 Å². The van der Waals surface area contributed by atoms with Crippen molar-refractivity contribution in [2.45, 2.75) is 6.92 Å². The standard InChI is InChI=1S/C10H11NO/c1-8(2)10-5-3-4-9(6-10)7-11-12/h3-7,12H,1H2,2H3. The van der Waals surface area contributed by atoms with Crippen molar-refractivity contribution in [2.24, 2.45) is 5.16 Å². The molecule has 0 unspecified atom stereocenters. The van der Waals surface area contributed by atoms with E-state index < -0.39 is 0 Å². The van der Waals surface area contributed by atoms with Gasteiger partial charge in [-0.1, -0.05) is 35.5 Å². The molecule has 0 fully saturated rings. The van der Waals surface area contributed by atoms with E-state index in [0.29, 0.717) is 0 Å². The van der Waals surface area contributed by atoms with Crippen LogP contribution in [0.25, 0.3) is 5.57 Å². The van der Waals surface area contributed by atoms with Gasteiger partial charge >= 0.3 is 0 Å². The zero-order valence-electron chi connectivity index (χ0n) is 6.99. The third-order valence-electron chi connectivity index (χ3n) is 1.59. The SMILES string of the molecule is C=C(C)c1cccc(C=NO)c1. The maximum atomic E-state index is 8.30. The molecule has 0 heterocycles. The minimum absolute atomic E-state index is 0.873. The molecule has 1 rings (SSSR count). The maximum Gasteiger partial charge on any atom is 0.0734 e. The third-order valence-corrected chi connectivity index (χ3v) is 1.59. The van der Waals surface area contributed by atoms with E-state index in [1.807, 2.05) is 31.2 Å². The topological polar surface area (TPSA) is 32.6 Å². The van der Waals surface area contributed by atoms with Crippen LogP contribution in [0.1, 0.15) is 18.1 Å². The molecule has 0 aliphatic rings. The van der Waals surface area contributed by atoms with Crippen molar-refractivity contribution in [1.29, 1.82) is 0 Å². The first-order valence-corrected chi connectivity index (χ1v) is 3.67. The lowest BCUT2D eigenvalue weighted by atomic mass is 10.1. The van der Waals surface area contributed by atoms with Gasteiger partial charge in [-0.3, -0.25) is 0 Å². The van der Waals surface area contributed by atoms with Crippen LogP contribution in [-0.4, -0.2) is 11.4 Å². The average Bonchev–Trinajstić information content (AvgIpc) is 2.05. The second kappa shape index (κ2) is 3.72. The second-order valence-electron chi connectivity index (χ2n) is 2.65. The van der Waals surface area contributed by atoms with Gasteiger partial charge in [-0.15, -0.1) is 0 Å². The quantitative estimate of drug-likeness (QED) is 0.403. The first-order valence-electron chi connectivity index (χ1n) is 3.67. The van der Waals surface area contributed by atoms with Gasteiger partial charge in [0.1, 0.15) is 0 Å². The molecule has 1 aromatic carbocycles. The predicted octanol–water partition coefficient (Wildman–Crippen LogP) is 2.53. The molecule has 0 saturated carbocycles. The summed E-state index contributed by atoms with van der Waals surface area (Å²) in [5, 5.41) is 11.2. The summed E-state index contributed by atoms with van der Waals surface area (Å²) < 4.78 is 0. The largest absolute Gasteiger partial charge is 0.411 e. The minimum atomic E-state index is 0.873. The Labute approximate surface area is 71.8 Å². The average molecular weight is 161 g/mol. The molecule has 62 valence electrons. The van der Waals surface area contributed by atoms with E-state index in [-0.39, 0.29) is 0 Å². The zero-order valence-corrected chi connectivity index (χ0v) is 6.99. The monoisotopic (exact) mass is 161 g/mol. The number of allylic oxidation sites excluding steroid dienone is 1. The van der Waals surface area contributed by atoms with Gasteiger partial charge in [0.15, 0.2) is 0 Å². The van der Waals surface area contributed by atoms with Gasteiger partial charge in [-0.05, 0) is 24.1 Å². The number of benzene rings is 1. The molecule has 1 N–H and O–H groups in total. The normalized spacial score (nSPS) is 10.4. The Kier molecular flexibility index (Phi) is 2.64. The summed E-state index contributed by atoms with van der Waals surface area (Å²) in [5.74, 6) is 0. The summed E-state index contributed by atoms with van der Waals surface area (Å²) in [7, 11) is 0. The molecular formula is C10H11NO. The third kappa shape index (κ3) is 1.95. The van der Waals surface area contributed by atoms with Gasteiger partial charge < -0.3 is 5.21 Å². The van der Waals surface area contributed by atoms with Crippen molar-refractivity contribution in [3.63, 3.8) is 0 Å². The highest BCUT2D eigenvalue weighted by Gasteiger charge is 1.93. The van der Waals surface area contributed by atoms with Crippen LogP contribution < -0.4 is 0 Å². The van der Waals surface area contributed by atoms with Crippen LogP contribution in [0, 0.1) is 0 Å². The van der Waals surface area contributed by atoms with Crippen LogP contribution in [0.2, 0.25) is 0 Å². The smallest absolute Gasteiger partial charge is 0.0734 e. The zero-order chi connectivity index (χ0) is 8.97. The van der Waals surface area contributed by atoms with Crippen molar-refractivity contribution in [2.75, 3.05) is 0 Å². The van der Waals surface area contributed by atoms with E-state index in [0.717, 1.165) is 16.7 Å². The lowest BCUT2D eigenvalue weighted by molar-refractivity contribution is 0.322. The molecule has 0 aliphatic heterocycles. The van der Waals surface area contributed by atoms with Crippen LogP contribution in [-0.2, 0) is 0 Å². The molecule has 0 aromatic heterocycles. The Bertz CT molecular complexity index is 315. The molecule has 0 aliphatic carbocycles. The summed E-state index contributed by atoms with van der Waals surface area (Å²) in [4.78, 5) is 0. The fraction of sp³-hybridized carbons (Fsp3) is 0.100. The van der Waals surface area contributed by atoms with Crippen LogP contribution in [0.4, 0.5) is 0 Å². The summed E-state index contributed by atoms with van der Waals surface area (Å²) in [6.45, 7) is 5.76. The Morgan fingerprint density at radius 3 is 2.92 bits per heavy atom. The van der Waals surface area contributed by atoms with Gasteiger partial charge in [0.25, 0.3) is 0 Å². The van der Waals surface area contributed by atoms with Gasteiger partial charge in [-0.25, -0.2) is 0 Å². The first-order chi connectivity index (χ1) is 5.74. The number of hydrogen-bond donors (Lipinski definition) is 1. The minimum Gasteiger partial charge on any atom is -0.411 e. The number of nitrogens with zero attached hydrogens (tertiary/aromatic N) is 1. The summed E-state index contributed by atoms with van der Waals surface area (Å²) >= 11 is 0. The molecular weight excluding hydrogens is 150 g/mol. The van der Waals surface area contributed by atoms with E-state index >= 15 is 0 Å². The van der Waals surface area contributed by atoms with Crippen LogP contribution in [0.3, 0.4) is 0 Å². The van der Waals surface area contributed by atoms with Crippen molar-refractivity contribution in [3.8, 4) is 0 Å². The molecule has 0 atom stereocenters. The molecule has 0 saturated heterocycles. The van der Waals surface area contributed by atoms with Gasteiger partial charge in [0.2, 0.25) is 0 Å². The molecule has 0 amide bonds. The first kappa shape index (κ1) is 8.53. The lowest BCUT2D eigenvalue weighted by Crippen LogP contribution is -1.83. The highest BCUT2D eigenvalue weighted by molar-refractivity contribution is 5.81. The molecule has 0 radical (unpaired) electrons. The second-order valence-corrected chi connectivity index (χ2v) is 2.65. The van der Waals surface area contributed by atoms with Crippen LogP contribution >= 0.6 is 0 Å². The van der Waals surface area contributed by atoms with Crippen LogP contribution in [0.5, 0.6) is 0 Å². The van der Waals surface area contributed by atoms with Crippen molar-refractivity contribution >= 4 is 11.8 Å². The maximum absolute atomic E-state index is 8.30. The van der Waals surface area contributed by atoms with Crippen molar-refractivity contribution in [3.05, 3.63) is 42.0 Å². The number of rotatable bonds is 2. The van der Waals surface area contributed by atoms with Gasteiger partial charge in [0.05, 0.1) is 6.21 Å². The summed E-state index contributed by atoms with van der Waals surface area (Å²) in [6, 6.07) is 7.66. The molecule has 0 bridgehead atoms. The van der Waals surface area contributed by atoms with Gasteiger partial charge in [-0.2, -0.15) is 0 Å². The molecule has 2 heteroatoms. The summed E-state index contributed by atoms with van der Waals surface area (Å²) in [6.07, 6.45) is 1.40. The molecule has 2 nitrogen and oxygen atoms in total. The molecule has 12 heavy (non-hydrogen) atoms. The Hall–Kier alpha value is -1.57. The van der Waals surface area contributed by atoms with E-state index in [2.05, 4.69) is 11.7 Å². The molecule has 0 spiro atoms. The van der Waals surface area contributed by atoms with Gasteiger partial charge in [0, 0.05) is 0 Å². The summed E-state index contributed by atoms with van der Waals surface area (Å²) in [5.41, 5.74) is 2.94. The fourth-order valence-corrected chi connectivity index (χ4v) is 0.951. The number of hydrogen-bond acceptors (Lipinski definition) is 2.